The molecule has 0 amide bonds. The van der Waals surface area contributed by atoms with Crippen LogP contribution in [0.2, 0.25) is 0 Å². The monoisotopic (exact) mass is 411 g/mol. The summed E-state index contributed by atoms with van der Waals surface area (Å²) >= 11 is 6.72. The molecule has 7 heteroatoms. The van der Waals surface area contributed by atoms with E-state index in [9.17, 15) is 0 Å². The van der Waals surface area contributed by atoms with Gasteiger partial charge in [0.1, 0.15) is 5.76 Å². The molecule has 3 aromatic rings. The quantitative estimate of drug-likeness (QED) is 0.668. The number of anilines is 1. The number of para-hydroxylation sites is 1. The molecule has 3 rings (SSSR count). The minimum atomic E-state index is 0.498. The van der Waals surface area contributed by atoms with E-state index in [4.69, 9.17) is 8.94 Å². The predicted molar refractivity (Wildman–Crippen MR) is 85.9 cm³/mol. The maximum absolute atomic E-state index is 5.54. The molecule has 2 heterocycles. The first-order valence-corrected chi connectivity index (χ1v) is 7.79. The van der Waals surface area contributed by atoms with Crippen LogP contribution in [0.25, 0.3) is 11.5 Å². The SMILES string of the molecule is Cc1noc(-c2ccccc2NCc2cc(Br)c(Br)o2)n1. The van der Waals surface area contributed by atoms with Crippen LogP contribution >= 0.6 is 31.9 Å². The van der Waals surface area contributed by atoms with Gasteiger partial charge in [0.15, 0.2) is 10.5 Å². The van der Waals surface area contributed by atoms with Gasteiger partial charge in [0.25, 0.3) is 5.89 Å². The lowest BCUT2D eigenvalue weighted by Crippen LogP contribution is -1.99. The minimum Gasteiger partial charge on any atom is -0.451 e. The highest BCUT2D eigenvalue weighted by atomic mass is 79.9. The van der Waals surface area contributed by atoms with Crippen molar-refractivity contribution in [2.45, 2.75) is 13.5 Å². The molecule has 0 aliphatic heterocycles. The molecule has 0 unspecified atom stereocenters. The third-order valence-corrected chi connectivity index (χ3v) is 4.54. The highest BCUT2D eigenvalue weighted by Gasteiger charge is 2.12. The van der Waals surface area contributed by atoms with E-state index in [2.05, 4.69) is 47.3 Å². The number of aryl methyl sites for hydroxylation is 1. The smallest absolute Gasteiger partial charge is 0.260 e. The molecule has 1 aromatic carbocycles. The molecule has 0 aliphatic carbocycles. The van der Waals surface area contributed by atoms with Crippen molar-refractivity contribution in [2.24, 2.45) is 0 Å². The largest absolute Gasteiger partial charge is 0.451 e. The Balaban J connectivity index is 1.82. The van der Waals surface area contributed by atoms with Crippen LogP contribution in [0.1, 0.15) is 11.6 Å². The first kappa shape index (κ1) is 14.3. The van der Waals surface area contributed by atoms with Gasteiger partial charge in [0.05, 0.1) is 16.6 Å². The number of nitrogens with zero attached hydrogens (tertiary/aromatic N) is 2. The van der Waals surface area contributed by atoms with E-state index >= 15 is 0 Å². The molecule has 0 atom stereocenters. The van der Waals surface area contributed by atoms with Crippen LogP contribution < -0.4 is 5.32 Å². The molecular formula is C14H11Br2N3O2. The second-order valence-electron chi connectivity index (χ2n) is 4.38. The van der Waals surface area contributed by atoms with Crippen molar-refractivity contribution >= 4 is 37.5 Å². The van der Waals surface area contributed by atoms with Crippen molar-refractivity contribution < 1.29 is 8.94 Å². The topological polar surface area (TPSA) is 64.1 Å². The van der Waals surface area contributed by atoms with Gasteiger partial charge in [0.2, 0.25) is 0 Å². The Kier molecular flexibility index (Phi) is 4.12. The molecule has 5 nitrogen and oxygen atoms in total. The molecule has 0 fully saturated rings. The summed E-state index contributed by atoms with van der Waals surface area (Å²) in [5.41, 5.74) is 1.77. The number of hydrogen-bond acceptors (Lipinski definition) is 5. The van der Waals surface area contributed by atoms with Gasteiger partial charge in [-0.1, -0.05) is 17.3 Å². The zero-order chi connectivity index (χ0) is 14.8. The molecule has 0 saturated carbocycles. The third-order valence-electron chi connectivity index (χ3n) is 2.83. The van der Waals surface area contributed by atoms with Crippen molar-refractivity contribution in [2.75, 3.05) is 5.32 Å². The highest BCUT2D eigenvalue weighted by Crippen LogP contribution is 2.29. The molecule has 108 valence electrons. The van der Waals surface area contributed by atoms with Crippen LogP contribution in [-0.4, -0.2) is 10.1 Å². The van der Waals surface area contributed by atoms with Crippen LogP contribution in [0, 0.1) is 6.92 Å². The second kappa shape index (κ2) is 6.03. The lowest BCUT2D eigenvalue weighted by molar-refractivity contribution is 0.425. The number of nitrogens with one attached hydrogen (secondary N) is 1. The van der Waals surface area contributed by atoms with Crippen LogP contribution in [-0.2, 0) is 6.54 Å². The minimum absolute atomic E-state index is 0.498. The standard InChI is InChI=1S/C14H11Br2N3O2/c1-8-18-14(21-19-8)10-4-2-3-5-12(10)17-7-9-6-11(15)13(16)20-9/h2-6,17H,7H2,1H3. The van der Waals surface area contributed by atoms with E-state index in [0.717, 1.165) is 21.5 Å². The van der Waals surface area contributed by atoms with E-state index < -0.39 is 0 Å². The number of furan rings is 1. The fourth-order valence-corrected chi connectivity index (χ4v) is 2.55. The number of benzene rings is 1. The number of aromatic nitrogens is 2. The Bertz CT molecular complexity index is 748. The molecule has 0 spiro atoms. The lowest BCUT2D eigenvalue weighted by atomic mass is 10.1. The van der Waals surface area contributed by atoms with Crippen LogP contribution in [0.3, 0.4) is 0 Å². The van der Waals surface area contributed by atoms with Crippen molar-refractivity contribution in [3.8, 4) is 11.5 Å². The molecule has 21 heavy (non-hydrogen) atoms. The van der Waals surface area contributed by atoms with Crippen LogP contribution in [0.4, 0.5) is 5.69 Å². The predicted octanol–water partition coefficient (Wildman–Crippen LogP) is 4.78. The number of rotatable bonds is 4. The van der Waals surface area contributed by atoms with Crippen LogP contribution in [0.5, 0.6) is 0 Å². The van der Waals surface area contributed by atoms with Crippen molar-refractivity contribution in [3.63, 3.8) is 0 Å². The van der Waals surface area contributed by atoms with E-state index in [1.54, 1.807) is 6.92 Å². The van der Waals surface area contributed by atoms with E-state index in [1.165, 1.54) is 0 Å². The first-order valence-electron chi connectivity index (χ1n) is 6.21. The van der Waals surface area contributed by atoms with E-state index in [0.29, 0.717) is 22.9 Å². The normalized spacial score (nSPS) is 10.8. The Morgan fingerprint density at radius 3 is 2.71 bits per heavy atom. The van der Waals surface area contributed by atoms with Crippen molar-refractivity contribution in [1.82, 2.24) is 10.1 Å². The average molecular weight is 413 g/mol. The number of halogens is 2. The number of hydrogen-bond donors (Lipinski definition) is 1. The van der Waals surface area contributed by atoms with Gasteiger partial charge in [-0.05, 0) is 57.0 Å². The van der Waals surface area contributed by atoms with Gasteiger partial charge in [-0.15, -0.1) is 0 Å². The summed E-state index contributed by atoms with van der Waals surface area (Å²) in [5, 5.41) is 7.14. The fraction of sp³-hybridized carbons (Fsp3) is 0.143. The summed E-state index contributed by atoms with van der Waals surface area (Å²) in [5.74, 6) is 1.92. The van der Waals surface area contributed by atoms with E-state index in [1.807, 2.05) is 30.3 Å². The maximum Gasteiger partial charge on any atom is 0.260 e. The van der Waals surface area contributed by atoms with Gasteiger partial charge in [-0.3, -0.25) is 0 Å². The van der Waals surface area contributed by atoms with Crippen molar-refractivity contribution in [1.29, 1.82) is 0 Å². The van der Waals surface area contributed by atoms with Gasteiger partial charge >= 0.3 is 0 Å². The van der Waals surface area contributed by atoms with Crippen molar-refractivity contribution in [3.05, 3.63) is 51.1 Å². The molecule has 0 saturated heterocycles. The Labute approximate surface area is 138 Å². The molecule has 0 bridgehead atoms. The molecular weight excluding hydrogens is 402 g/mol. The highest BCUT2D eigenvalue weighted by molar-refractivity contribution is 9.13. The van der Waals surface area contributed by atoms with Gasteiger partial charge in [-0.2, -0.15) is 4.98 Å². The van der Waals surface area contributed by atoms with Crippen LogP contribution in [0.15, 0.2) is 48.4 Å². The average Bonchev–Trinajstić information content (AvgIpc) is 3.04. The Morgan fingerprint density at radius 2 is 2.05 bits per heavy atom. The molecule has 0 radical (unpaired) electrons. The summed E-state index contributed by atoms with van der Waals surface area (Å²) in [4.78, 5) is 4.26. The zero-order valence-corrected chi connectivity index (χ0v) is 14.2. The van der Waals surface area contributed by atoms with E-state index in [-0.39, 0.29) is 0 Å². The third kappa shape index (κ3) is 3.19. The molecule has 2 aromatic heterocycles. The summed E-state index contributed by atoms with van der Waals surface area (Å²) in [6.45, 7) is 2.34. The van der Waals surface area contributed by atoms with Gasteiger partial charge in [-0.25, -0.2) is 0 Å². The Hall–Kier alpha value is -1.60. The zero-order valence-electron chi connectivity index (χ0n) is 11.1. The Morgan fingerprint density at radius 1 is 1.24 bits per heavy atom. The first-order chi connectivity index (χ1) is 10.1. The second-order valence-corrected chi connectivity index (χ2v) is 5.95. The molecule has 1 N–H and O–H groups in total. The summed E-state index contributed by atoms with van der Waals surface area (Å²) in [6, 6.07) is 9.69. The summed E-state index contributed by atoms with van der Waals surface area (Å²) < 4.78 is 12.3. The summed E-state index contributed by atoms with van der Waals surface area (Å²) in [7, 11) is 0. The summed E-state index contributed by atoms with van der Waals surface area (Å²) in [6.07, 6.45) is 0. The lowest BCUT2D eigenvalue weighted by Gasteiger charge is -2.07. The van der Waals surface area contributed by atoms with Gasteiger partial charge in [0, 0.05) is 5.69 Å². The fourth-order valence-electron chi connectivity index (χ4n) is 1.89. The van der Waals surface area contributed by atoms with Gasteiger partial charge < -0.3 is 14.3 Å². The maximum atomic E-state index is 5.54. The molecule has 0 aliphatic rings.